The van der Waals surface area contributed by atoms with Gasteiger partial charge >= 0.3 is 0 Å². The van der Waals surface area contributed by atoms with E-state index in [0.717, 1.165) is 19.3 Å². The third-order valence-electron chi connectivity index (χ3n) is 2.76. The van der Waals surface area contributed by atoms with Crippen LogP contribution in [0.1, 0.15) is 26.2 Å². The second kappa shape index (κ2) is 3.92. The van der Waals surface area contributed by atoms with Crippen molar-refractivity contribution in [2.24, 2.45) is 5.41 Å². The molecule has 1 amide bonds. The summed E-state index contributed by atoms with van der Waals surface area (Å²) in [6.07, 6.45) is 3.18. The fraction of sp³-hybridized carbons (Fsp3) is 0.700. The van der Waals surface area contributed by atoms with Crippen LogP contribution in [0.5, 0.6) is 0 Å². The number of carbonyl (C=O) groups excluding carboxylic acids is 1. The number of carbonyl (C=O) groups is 1. The Hall–Kier alpha value is -0.830. The Morgan fingerprint density at radius 2 is 2.23 bits per heavy atom. The fourth-order valence-corrected chi connectivity index (χ4v) is 1.49. The summed E-state index contributed by atoms with van der Waals surface area (Å²) in [4.78, 5) is 11.2. The van der Waals surface area contributed by atoms with Gasteiger partial charge in [0.2, 0.25) is 5.91 Å². The van der Waals surface area contributed by atoms with Crippen molar-refractivity contribution in [2.75, 3.05) is 13.2 Å². The molecule has 0 bridgehead atoms. The number of rotatable bonds is 4. The van der Waals surface area contributed by atoms with E-state index in [-0.39, 0.29) is 17.9 Å². The Labute approximate surface area is 78.8 Å². The van der Waals surface area contributed by atoms with Gasteiger partial charge in [0, 0.05) is 17.5 Å². The molecule has 3 heteroatoms. The Morgan fingerprint density at radius 3 is 2.54 bits per heavy atom. The number of hydrogen-bond donors (Lipinski definition) is 2. The molecule has 0 aromatic heterocycles. The smallest absolute Gasteiger partial charge is 0.246 e. The lowest BCUT2D eigenvalue weighted by atomic mass is 9.69. The molecule has 1 saturated carbocycles. The lowest BCUT2D eigenvalue weighted by Crippen LogP contribution is -2.44. The van der Waals surface area contributed by atoms with Crippen LogP contribution in [0.3, 0.4) is 0 Å². The lowest BCUT2D eigenvalue weighted by molar-refractivity contribution is -0.118. The van der Waals surface area contributed by atoms with Gasteiger partial charge in [-0.05, 0) is 19.8 Å². The number of hydrogen-bond acceptors (Lipinski definition) is 2. The van der Waals surface area contributed by atoms with Crippen LogP contribution in [-0.4, -0.2) is 24.2 Å². The van der Waals surface area contributed by atoms with Gasteiger partial charge in [0.1, 0.15) is 0 Å². The minimum absolute atomic E-state index is 0.0366. The van der Waals surface area contributed by atoms with Crippen molar-refractivity contribution in [3.63, 3.8) is 0 Å². The first-order chi connectivity index (χ1) is 6.09. The maximum absolute atomic E-state index is 11.2. The quantitative estimate of drug-likeness (QED) is 0.634. The van der Waals surface area contributed by atoms with E-state index >= 15 is 0 Å². The number of aliphatic hydroxyl groups is 1. The molecular formula is C10H17NO2. The van der Waals surface area contributed by atoms with Crippen molar-refractivity contribution in [2.45, 2.75) is 26.2 Å². The van der Waals surface area contributed by atoms with E-state index in [4.69, 9.17) is 5.11 Å². The molecule has 1 rings (SSSR count). The van der Waals surface area contributed by atoms with Crippen molar-refractivity contribution < 1.29 is 9.90 Å². The van der Waals surface area contributed by atoms with Crippen LogP contribution in [0.15, 0.2) is 12.2 Å². The zero-order valence-electron chi connectivity index (χ0n) is 8.10. The summed E-state index contributed by atoms with van der Waals surface area (Å²) in [6, 6.07) is 0. The first kappa shape index (κ1) is 10.3. The van der Waals surface area contributed by atoms with Crippen molar-refractivity contribution in [1.82, 2.24) is 5.32 Å². The van der Waals surface area contributed by atoms with Gasteiger partial charge in [0.05, 0.1) is 6.61 Å². The van der Waals surface area contributed by atoms with E-state index in [2.05, 4.69) is 11.9 Å². The molecule has 2 N–H and O–H groups in total. The van der Waals surface area contributed by atoms with Crippen molar-refractivity contribution >= 4 is 5.91 Å². The van der Waals surface area contributed by atoms with E-state index in [0.29, 0.717) is 12.1 Å². The molecule has 0 unspecified atom stereocenters. The molecule has 0 atom stereocenters. The molecule has 1 aliphatic carbocycles. The van der Waals surface area contributed by atoms with Gasteiger partial charge in [0.15, 0.2) is 0 Å². The highest BCUT2D eigenvalue weighted by Crippen LogP contribution is 2.39. The molecule has 0 aliphatic heterocycles. The molecule has 0 heterocycles. The Morgan fingerprint density at radius 1 is 1.62 bits per heavy atom. The van der Waals surface area contributed by atoms with E-state index in [1.165, 1.54) is 0 Å². The molecule has 0 saturated heterocycles. The molecule has 1 aliphatic rings. The van der Waals surface area contributed by atoms with E-state index in [9.17, 15) is 4.79 Å². The van der Waals surface area contributed by atoms with E-state index in [1.807, 2.05) is 0 Å². The summed E-state index contributed by atoms with van der Waals surface area (Å²) in [6.45, 7) is 5.98. The standard InChI is InChI=1S/C10H17NO2/c1-8(2)9(13)11-6-10(7-12)4-3-5-10/h12H,1,3-7H2,2H3,(H,11,13). The summed E-state index contributed by atoms with van der Waals surface area (Å²) in [5, 5.41) is 11.9. The van der Waals surface area contributed by atoms with Crippen LogP contribution < -0.4 is 5.32 Å². The summed E-state index contributed by atoms with van der Waals surface area (Å²) in [7, 11) is 0. The topological polar surface area (TPSA) is 49.3 Å². The number of amides is 1. The first-order valence-corrected chi connectivity index (χ1v) is 4.64. The third kappa shape index (κ3) is 2.31. The minimum Gasteiger partial charge on any atom is -0.396 e. The number of nitrogens with one attached hydrogen (secondary N) is 1. The van der Waals surface area contributed by atoms with E-state index in [1.54, 1.807) is 6.92 Å². The monoisotopic (exact) mass is 183 g/mol. The molecule has 13 heavy (non-hydrogen) atoms. The molecular weight excluding hydrogens is 166 g/mol. The molecule has 0 spiro atoms. The Kier molecular flexibility index (Phi) is 3.09. The summed E-state index contributed by atoms with van der Waals surface area (Å²) in [5.41, 5.74) is 0.484. The van der Waals surface area contributed by atoms with Crippen LogP contribution in [0.25, 0.3) is 0 Å². The predicted octanol–water partition coefficient (Wildman–Crippen LogP) is 0.841. The largest absolute Gasteiger partial charge is 0.396 e. The fourth-order valence-electron chi connectivity index (χ4n) is 1.49. The van der Waals surface area contributed by atoms with Crippen LogP contribution in [0, 0.1) is 5.41 Å². The lowest BCUT2D eigenvalue weighted by Gasteiger charge is -2.40. The molecule has 0 aromatic carbocycles. The average molecular weight is 183 g/mol. The molecule has 0 radical (unpaired) electrons. The highest BCUT2D eigenvalue weighted by Gasteiger charge is 2.36. The summed E-state index contributed by atoms with van der Waals surface area (Å²) >= 11 is 0. The zero-order chi connectivity index (χ0) is 9.90. The van der Waals surface area contributed by atoms with Gasteiger partial charge in [-0.2, -0.15) is 0 Å². The summed E-state index contributed by atoms with van der Waals surface area (Å²) < 4.78 is 0. The number of aliphatic hydroxyl groups excluding tert-OH is 1. The predicted molar refractivity (Wildman–Crippen MR) is 51.2 cm³/mol. The van der Waals surface area contributed by atoms with Crippen molar-refractivity contribution in [3.05, 3.63) is 12.2 Å². The van der Waals surface area contributed by atoms with E-state index < -0.39 is 0 Å². The van der Waals surface area contributed by atoms with Crippen LogP contribution >= 0.6 is 0 Å². The van der Waals surface area contributed by atoms with Crippen molar-refractivity contribution in [1.29, 1.82) is 0 Å². The molecule has 1 fully saturated rings. The Bertz CT molecular complexity index is 213. The van der Waals surface area contributed by atoms with Crippen LogP contribution in [0.2, 0.25) is 0 Å². The second-order valence-corrected chi connectivity index (χ2v) is 3.97. The SMILES string of the molecule is C=C(C)C(=O)NCC1(CO)CCC1. The molecule has 3 nitrogen and oxygen atoms in total. The summed E-state index contributed by atoms with van der Waals surface area (Å²) in [5.74, 6) is -0.111. The zero-order valence-corrected chi connectivity index (χ0v) is 8.10. The molecule has 0 aromatic rings. The maximum atomic E-state index is 11.2. The van der Waals surface area contributed by atoms with Gasteiger partial charge < -0.3 is 10.4 Å². The van der Waals surface area contributed by atoms with Gasteiger partial charge in [-0.3, -0.25) is 4.79 Å². The maximum Gasteiger partial charge on any atom is 0.246 e. The minimum atomic E-state index is -0.111. The second-order valence-electron chi connectivity index (χ2n) is 3.97. The molecule has 74 valence electrons. The van der Waals surface area contributed by atoms with Crippen molar-refractivity contribution in [3.8, 4) is 0 Å². The van der Waals surface area contributed by atoms with Gasteiger partial charge in [-0.15, -0.1) is 0 Å². The first-order valence-electron chi connectivity index (χ1n) is 4.64. The van der Waals surface area contributed by atoms with Gasteiger partial charge in [-0.25, -0.2) is 0 Å². The highest BCUT2D eigenvalue weighted by molar-refractivity contribution is 5.92. The van der Waals surface area contributed by atoms with Gasteiger partial charge in [-0.1, -0.05) is 13.0 Å². The average Bonchev–Trinajstić information content (AvgIpc) is 2.02. The highest BCUT2D eigenvalue weighted by atomic mass is 16.3. The normalized spacial score (nSPS) is 18.9. The van der Waals surface area contributed by atoms with Crippen LogP contribution in [-0.2, 0) is 4.79 Å². The third-order valence-corrected chi connectivity index (χ3v) is 2.76. The Balaban J connectivity index is 2.32. The van der Waals surface area contributed by atoms with Gasteiger partial charge in [0.25, 0.3) is 0 Å². The van der Waals surface area contributed by atoms with Crippen LogP contribution in [0.4, 0.5) is 0 Å².